The highest BCUT2D eigenvalue weighted by molar-refractivity contribution is 5.86. The molecule has 1 heterocycles. The van der Waals surface area contributed by atoms with E-state index in [0.29, 0.717) is 17.7 Å². The van der Waals surface area contributed by atoms with Gasteiger partial charge in [0.1, 0.15) is 5.54 Å². The van der Waals surface area contributed by atoms with E-state index >= 15 is 0 Å². The van der Waals surface area contributed by atoms with Crippen LogP contribution in [0.25, 0.3) is 0 Å². The lowest BCUT2D eigenvalue weighted by Crippen LogP contribution is -2.37. The number of rotatable bonds is 9. The van der Waals surface area contributed by atoms with Gasteiger partial charge in [0.2, 0.25) is 6.41 Å². The van der Waals surface area contributed by atoms with E-state index in [4.69, 9.17) is 4.98 Å². The molecular weight excluding hydrogens is 526 g/mol. The standard InChI is InChI=1S/C39H33N3O/c1-29-21-23-30(24-22-29)35-25-36(35)34-19-11-12-20-37(34)42(28-43)38-26-41(27-40-38)39(31-13-5-2-6-14-31,32-15-7-3-8-16-32)33-17-9-4-10-18-33/h2-24,26-28,35-36H,25H2,1H3. The monoisotopic (exact) mass is 559 g/mol. The number of hydrogen-bond acceptors (Lipinski definition) is 2. The Labute approximate surface area is 252 Å². The highest BCUT2D eigenvalue weighted by Crippen LogP contribution is 2.57. The maximum Gasteiger partial charge on any atom is 0.219 e. The molecule has 6 aromatic rings. The van der Waals surface area contributed by atoms with E-state index in [1.54, 1.807) is 4.90 Å². The Bertz CT molecular complexity index is 1730. The Hall–Kier alpha value is -5.22. The van der Waals surface area contributed by atoms with E-state index in [2.05, 4.69) is 121 Å². The van der Waals surface area contributed by atoms with Gasteiger partial charge in [0.15, 0.2) is 5.82 Å². The van der Waals surface area contributed by atoms with Gasteiger partial charge in [0.25, 0.3) is 0 Å². The maximum atomic E-state index is 12.8. The number of aryl methyl sites for hydroxylation is 1. The molecule has 5 aromatic carbocycles. The van der Waals surface area contributed by atoms with Crippen molar-refractivity contribution in [3.05, 3.63) is 185 Å². The molecule has 0 bridgehead atoms. The van der Waals surface area contributed by atoms with Crippen molar-refractivity contribution in [3.8, 4) is 0 Å². The number of para-hydroxylation sites is 1. The predicted octanol–water partition coefficient (Wildman–Crippen LogP) is 8.60. The molecule has 2 atom stereocenters. The minimum Gasteiger partial charge on any atom is -0.317 e. The second kappa shape index (κ2) is 11.2. The molecule has 210 valence electrons. The van der Waals surface area contributed by atoms with Gasteiger partial charge in [-0.25, -0.2) is 4.98 Å². The summed E-state index contributed by atoms with van der Waals surface area (Å²) in [5.41, 5.74) is 7.29. The van der Waals surface area contributed by atoms with Crippen molar-refractivity contribution in [2.45, 2.75) is 30.7 Å². The van der Waals surface area contributed by atoms with Crippen LogP contribution >= 0.6 is 0 Å². The molecule has 1 amide bonds. The van der Waals surface area contributed by atoms with Crippen molar-refractivity contribution in [1.82, 2.24) is 9.55 Å². The lowest BCUT2D eigenvalue weighted by Gasteiger charge is -2.37. The Morgan fingerprint density at radius 1 is 0.698 bits per heavy atom. The predicted molar refractivity (Wildman–Crippen MR) is 173 cm³/mol. The normalized spacial score (nSPS) is 16.0. The van der Waals surface area contributed by atoms with E-state index in [1.807, 2.05) is 42.9 Å². The van der Waals surface area contributed by atoms with Crippen LogP contribution in [0.2, 0.25) is 0 Å². The second-order valence-corrected chi connectivity index (χ2v) is 11.3. The molecule has 0 aliphatic heterocycles. The van der Waals surface area contributed by atoms with Gasteiger partial charge in [-0.3, -0.25) is 9.69 Å². The molecule has 0 saturated heterocycles. The summed E-state index contributed by atoms with van der Waals surface area (Å²) < 4.78 is 2.15. The van der Waals surface area contributed by atoms with Gasteiger partial charge in [0.05, 0.1) is 18.2 Å². The van der Waals surface area contributed by atoms with E-state index in [-0.39, 0.29) is 0 Å². The fourth-order valence-corrected chi connectivity index (χ4v) is 6.58. The van der Waals surface area contributed by atoms with Gasteiger partial charge < -0.3 is 4.57 Å². The smallest absolute Gasteiger partial charge is 0.219 e. The summed E-state index contributed by atoms with van der Waals surface area (Å²) >= 11 is 0. The van der Waals surface area contributed by atoms with Gasteiger partial charge in [-0.2, -0.15) is 0 Å². The van der Waals surface area contributed by atoms with Gasteiger partial charge in [0, 0.05) is 0 Å². The molecule has 4 heteroatoms. The summed E-state index contributed by atoms with van der Waals surface area (Å²) in [7, 11) is 0. The molecule has 7 rings (SSSR count). The number of carbonyl (C=O) groups excluding carboxylic acids is 1. The Morgan fingerprint density at radius 2 is 1.23 bits per heavy atom. The van der Waals surface area contributed by atoms with E-state index in [0.717, 1.165) is 35.2 Å². The number of carbonyl (C=O) groups is 1. The number of amides is 1. The Kier molecular flexibility index (Phi) is 6.96. The molecule has 2 unspecified atom stereocenters. The van der Waals surface area contributed by atoms with Gasteiger partial charge >= 0.3 is 0 Å². The molecule has 1 aliphatic carbocycles. The minimum atomic E-state index is -0.698. The highest BCUT2D eigenvalue weighted by atomic mass is 16.1. The van der Waals surface area contributed by atoms with Crippen LogP contribution in [0.4, 0.5) is 11.5 Å². The van der Waals surface area contributed by atoms with Gasteiger partial charge in [-0.1, -0.05) is 139 Å². The number of anilines is 2. The number of nitrogens with zero attached hydrogens (tertiary/aromatic N) is 3. The molecular formula is C39H33N3O. The van der Waals surface area contributed by atoms with Crippen LogP contribution in [0.3, 0.4) is 0 Å². The van der Waals surface area contributed by atoms with Crippen molar-refractivity contribution in [1.29, 1.82) is 0 Å². The van der Waals surface area contributed by atoms with Crippen molar-refractivity contribution in [2.24, 2.45) is 0 Å². The first-order valence-electron chi connectivity index (χ1n) is 14.8. The largest absolute Gasteiger partial charge is 0.317 e. The molecule has 1 fully saturated rings. The zero-order chi connectivity index (χ0) is 29.2. The maximum absolute atomic E-state index is 12.8. The van der Waals surface area contributed by atoms with Gasteiger partial charge in [-0.15, -0.1) is 0 Å². The van der Waals surface area contributed by atoms with Crippen molar-refractivity contribution in [3.63, 3.8) is 0 Å². The molecule has 1 saturated carbocycles. The average Bonchev–Trinajstić information content (AvgIpc) is 3.72. The zero-order valence-electron chi connectivity index (χ0n) is 24.1. The Balaban J connectivity index is 1.33. The van der Waals surface area contributed by atoms with Crippen LogP contribution < -0.4 is 4.90 Å². The summed E-state index contributed by atoms with van der Waals surface area (Å²) in [5.74, 6) is 1.40. The molecule has 0 spiro atoms. The lowest BCUT2D eigenvalue weighted by atomic mass is 9.77. The second-order valence-electron chi connectivity index (χ2n) is 11.3. The van der Waals surface area contributed by atoms with E-state index in [9.17, 15) is 4.79 Å². The van der Waals surface area contributed by atoms with Crippen LogP contribution in [-0.4, -0.2) is 16.0 Å². The lowest BCUT2D eigenvalue weighted by molar-refractivity contribution is -0.106. The summed E-state index contributed by atoms with van der Waals surface area (Å²) in [6.07, 6.45) is 5.82. The first kappa shape index (κ1) is 26.7. The first-order valence-corrected chi connectivity index (χ1v) is 14.8. The van der Waals surface area contributed by atoms with Crippen molar-refractivity contribution < 1.29 is 4.79 Å². The van der Waals surface area contributed by atoms with E-state index in [1.165, 1.54) is 16.7 Å². The summed E-state index contributed by atoms with van der Waals surface area (Å²) in [6.45, 7) is 2.12. The number of aromatic nitrogens is 2. The Morgan fingerprint density at radius 3 is 1.79 bits per heavy atom. The van der Waals surface area contributed by atoms with E-state index < -0.39 is 5.54 Å². The highest BCUT2D eigenvalue weighted by Gasteiger charge is 2.42. The summed E-state index contributed by atoms with van der Waals surface area (Å²) in [5, 5.41) is 0. The fraction of sp³-hybridized carbons (Fsp3) is 0.128. The SMILES string of the molecule is Cc1ccc(C2CC2c2ccccc2N(C=O)c2cn(C(c3ccccc3)(c3ccccc3)c3ccccc3)cn2)cc1. The molecule has 0 radical (unpaired) electrons. The topological polar surface area (TPSA) is 38.1 Å². The van der Waals surface area contributed by atoms with Crippen LogP contribution in [0.1, 0.15) is 51.6 Å². The fourth-order valence-electron chi connectivity index (χ4n) is 6.58. The summed E-state index contributed by atoms with van der Waals surface area (Å²) in [6, 6.07) is 48.6. The third-order valence-corrected chi connectivity index (χ3v) is 8.77. The summed E-state index contributed by atoms with van der Waals surface area (Å²) in [4.78, 5) is 19.4. The quantitative estimate of drug-likeness (QED) is 0.131. The molecule has 1 aliphatic rings. The van der Waals surface area contributed by atoms with Crippen LogP contribution in [-0.2, 0) is 10.3 Å². The van der Waals surface area contributed by atoms with Gasteiger partial charge in [-0.05, 0) is 59.1 Å². The number of benzene rings is 5. The average molecular weight is 560 g/mol. The van der Waals surface area contributed by atoms with Crippen LogP contribution in [0.15, 0.2) is 152 Å². The van der Waals surface area contributed by atoms with Crippen molar-refractivity contribution in [2.75, 3.05) is 4.90 Å². The zero-order valence-corrected chi connectivity index (χ0v) is 24.1. The minimum absolute atomic E-state index is 0.362. The number of hydrogen-bond donors (Lipinski definition) is 0. The molecule has 1 aromatic heterocycles. The van der Waals surface area contributed by atoms with Crippen LogP contribution in [0, 0.1) is 6.92 Å². The first-order chi connectivity index (χ1) is 21.2. The number of imidazole rings is 1. The molecule has 43 heavy (non-hydrogen) atoms. The third-order valence-electron chi connectivity index (χ3n) is 8.77. The molecule has 4 nitrogen and oxygen atoms in total. The molecule has 0 N–H and O–H groups in total. The van der Waals surface area contributed by atoms with Crippen LogP contribution in [0.5, 0.6) is 0 Å². The third kappa shape index (κ3) is 4.75. The van der Waals surface area contributed by atoms with Crippen molar-refractivity contribution >= 4 is 17.9 Å².